The fourth-order valence-electron chi connectivity index (χ4n) is 1.00. The van der Waals surface area contributed by atoms with Gasteiger partial charge in [-0.3, -0.25) is 25.8 Å². The minimum absolute atomic E-state index is 0.0513. The predicted molar refractivity (Wildman–Crippen MR) is 65.3 cm³/mol. The standard InChI is InChI=1S/C8H7N3O3S2/c12-7(9-10-8(15)16)5-3-1-2-4-6(5)11(13)14/h1-4H,(H,9,12)(H2,10,15,16). The monoisotopic (exact) mass is 257 g/mol. The molecule has 0 radical (unpaired) electrons. The Bertz CT molecular complexity index is 450. The smallest absolute Gasteiger partial charge is 0.282 e. The lowest BCUT2D eigenvalue weighted by Crippen LogP contribution is -2.39. The quantitative estimate of drug-likeness (QED) is 0.319. The molecule has 2 N–H and O–H groups in total. The van der Waals surface area contributed by atoms with Crippen LogP contribution in [0.3, 0.4) is 0 Å². The van der Waals surface area contributed by atoms with E-state index in [2.05, 4.69) is 35.7 Å². The van der Waals surface area contributed by atoms with Crippen LogP contribution in [0.5, 0.6) is 0 Å². The number of carbonyl (C=O) groups is 1. The lowest BCUT2D eigenvalue weighted by atomic mass is 10.2. The average molecular weight is 257 g/mol. The highest BCUT2D eigenvalue weighted by Crippen LogP contribution is 2.16. The second-order valence-corrected chi connectivity index (χ2v) is 3.82. The third kappa shape index (κ3) is 3.17. The van der Waals surface area contributed by atoms with Crippen LogP contribution in [0.15, 0.2) is 24.3 Å². The molecule has 84 valence electrons. The first-order valence-electron chi connectivity index (χ1n) is 4.05. The minimum Gasteiger partial charge on any atom is -0.283 e. The van der Waals surface area contributed by atoms with E-state index in [-0.39, 0.29) is 15.6 Å². The van der Waals surface area contributed by atoms with Gasteiger partial charge in [-0.05, 0) is 6.07 Å². The van der Waals surface area contributed by atoms with Gasteiger partial charge in [-0.1, -0.05) is 24.4 Å². The molecular weight excluding hydrogens is 250 g/mol. The fraction of sp³-hybridized carbons (Fsp3) is 0. The van der Waals surface area contributed by atoms with Crippen molar-refractivity contribution < 1.29 is 9.72 Å². The van der Waals surface area contributed by atoms with Crippen LogP contribution in [0.25, 0.3) is 0 Å². The van der Waals surface area contributed by atoms with Gasteiger partial charge in [-0.2, -0.15) is 0 Å². The van der Waals surface area contributed by atoms with Crippen molar-refractivity contribution >= 4 is 40.8 Å². The first-order chi connectivity index (χ1) is 7.52. The summed E-state index contributed by atoms with van der Waals surface area (Å²) in [4.78, 5) is 21.5. The summed E-state index contributed by atoms with van der Waals surface area (Å²) in [6.45, 7) is 0. The van der Waals surface area contributed by atoms with Crippen molar-refractivity contribution in [1.82, 2.24) is 10.9 Å². The summed E-state index contributed by atoms with van der Waals surface area (Å²) >= 11 is 8.28. The molecule has 0 saturated heterocycles. The normalized spacial score (nSPS) is 9.31. The molecule has 0 aliphatic rings. The van der Waals surface area contributed by atoms with Crippen molar-refractivity contribution in [3.05, 3.63) is 39.9 Å². The molecule has 0 aromatic heterocycles. The summed E-state index contributed by atoms with van der Waals surface area (Å²) < 4.78 is 0.0620. The topological polar surface area (TPSA) is 84.3 Å². The van der Waals surface area contributed by atoms with Gasteiger partial charge in [-0.15, -0.1) is 12.6 Å². The first kappa shape index (κ1) is 12.4. The van der Waals surface area contributed by atoms with Crippen LogP contribution < -0.4 is 10.9 Å². The molecule has 1 amide bonds. The molecule has 0 bridgehead atoms. The van der Waals surface area contributed by atoms with Gasteiger partial charge in [0, 0.05) is 6.07 Å². The van der Waals surface area contributed by atoms with E-state index in [4.69, 9.17) is 0 Å². The van der Waals surface area contributed by atoms with Crippen LogP contribution in [0, 0.1) is 10.1 Å². The molecule has 0 unspecified atom stereocenters. The van der Waals surface area contributed by atoms with Crippen molar-refractivity contribution in [1.29, 1.82) is 0 Å². The SMILES string of the molecule is O=C(NNC(=S)S)c1ccccc1[N+](=O)[O-]. The van der Waals surface area contributed by atoms with E-state index in [1.807, 2.05) is 0 Å². The predicted octanol–water partition coefficient (Wildman–Crippen LogP) is 1.04. The van der Waals surface area contributed by atoms with E-state index < -0.39 is 10.8 Å². The van der Waals surface area contributed by atoms with Gasteiger partial charge in [0.05, 0.1) is 4.92 Å². The molecule has 0 aliphatic heterocycles. The lowest BCUT2D eigenvalue weighted by molar-refractivity contribution is -0.385. The molecule has 8 heteroatoms. The van der Waals surface area contributed by atoms with Crippen LogP contribution in [0.2, 0.25) is 0 Å². The maximum absolute atomic E-state index is 11.5. The van der Waals surface area contributed by atoms with Crippen molar-refractivity contribution in [2.24, 2.45) is 0 Å². The Morgan fingerprint density at radius 2 is 2.00 bits per heavy atom. The summed E-state index contributed by atoms with van der Waals surface area (Å²) in [5.74, 6) is -0.649. The van der Waals surface area contributed by atoms with Crippen LogP contribution in [0.4, 0.5) is 5.69 Å². The van der Waals surface area contributed by atoms with Gasteiger partial charge in [0.2, 0.25) is 0 Å². The molecule has 6 nitrogen and oxygen atoms in total. The minimum atomic E-state index is -0.649. The third-order valence-corrected chi connectivity index (χ3v) is 1.84. The number of thiol groups is 1. The molecular formula is C8H7N3O3S2. The second kappa shape index (κ2) is 5.42. The Balaban J connectivity index is 2.90. The number of thiocarbonyl (C=S) groups is 1. The van der Waals surface area contributed by atoms with E-state index in [9.17, 15) is 14.9 Å². The Morgan fingerprint density at radius 1 is 1.38 bits per heavy atom. The van der Waals surface area contributed by atoms with Crippen LogP contribution >= 0.6 is 24.8 Å². The number of benzene rings is 1. The maximum atomic E-state index is 11.5. The summed E-state index contributed by atoms with van der Waals surface area (Å²) in [5, 5.41) is 10.6. The van der Waals surface area contributed by atoms with E-state index >= 15 is 0 Å². The lowest BCUT2D eigenvalue weighted by Gasteiger charge is -2.05. The number of nitro benzene ring substituents is 1. The number of hydrogen-bond donors (Lipinski definition) is 3. The Hall–Kier alpha value is -1.67. The van der Waals surface area contributed by atoms with Crippen molar-refractivity contribution in [2.75, 3.05) is 0 Å². The molecule has 1 aromatic carbocycles. The first-order valence-corrected chi connectivity index (χ1v) is 4.90. The van der Waals surface area contributed by atoms with Gasteiger partial charge in [0.25, 0.3) is 11.6 Å². The summed E-state index contributed by atoms with van der Waals surface area (Å²) in [6.07, 6.45) is 0. The van der Waals surface area contributed by atoms with Gasteiger partial charge < -0.3 is 0 Å². The van der Waals surface area contributed by atoms with Gasteiger partial charge in [-0.25, -0.2) is 0 Å². The molecule has 0 saturated carbocycles. The van der Waals surface area contributed by atoms with Gasteiger partial charge in [0.15, 0.2) is 0 Å². The molecule has 1 rings (SSSR count). The van der Waals surface area contributed by atoms with Crippen molar-refractivity contribution in [2.45, 2.75) is 0 Å². The van der Waals surface area contributed by atoms with E-state index in [0.717, 1.165) is 0 Å². The van der Waals surface area contributed by atoms with Gasteiger partial charge in [0.1, 0.15) is 9.88 Å². The summed E-state index contributed by atoms with van der Waals surface area (Å²) in [6, 6.07) is 5.59. The number of hydrazine groups is 1. The van der Waals surface area contributed by atoms with Crippen LogP contribution in [0.1, 0.15) is 10.4 Å². The highest BCUT2D eigenvalue weighted by molar-refractivity contribution is 8.11. The van der Waals surface area contributed by atoms with Gasteiger partial charge >= 0.3 is 0 Å². The van der Waals surface area contributed by atoms with E-state index in [1.54, 1.807) is 0 Å². The molecule has 0 spiro atoms. The molecule has 0 aliphatic carbocycles. The van der Waals surface area contributed by atoms with E-state index in [0.29, 0.717) is 0 Å². The number of hydrogen-bond acceptors (Lipinski definition) is 4. The van der Waals surface area contributed by atoms with Crippen LogP contribution in [-0.2, 0) is 0 Å². The Labute approximate surface area is 102 Å². The maximum Gasteiger partial charge on any atom is 0.282 e. The number of nitrogens with zero attached hydrogens (tertiary/aromatic N) is 1. The molecule has 1 aromatic rings. The summed E-state index contributed by atoms with van der Waals surface area (Å²) in [7, 11) is 0. The Kier molecular flexibility index (Phi) is 4.20. The molecule has 0 fully saturated rings. The molecule has 0 heterocycles. The molecule has 16 heavy (non-hydrogen) atoms. The third-order valence-electron chi connectivity index (χ3n) is 1.63. The number of nitrogens with one attached hydrogen (secondary N) is 2. The zero-order chi connectivity index (χ0) is 12.1. The van der Waals surface area contributed by atoms with E-state index in [1.165, 1.54) is 24.3 Å². The zero-order valence-corrected chi connectivity index (χ0v) is 9.55. The van der Waals surface area contributed by atoms with Crippen molar-refractivity contribution in [3.63, 3.8) is 0 Å². The number of nitro groups is 1. The Morgan fingerprint density at radius 3 is 2.56 bits per heavy atom. The molecule has 0 atom stereocenters. The zero-order valence-electron chi connectivity index (χ0n) is 7.84. The number of amides is 1. The number of rotatable bonds is 2. The number of carbonyl (C=O) groups excluding carboxylic acids is 1. The average Bonchev–Trinajstić information content (AvgIpc) is 2.25. The fourth-order valence-corrected chi connectivity index (χ4v) is 1.11. The van der Waals surface area contributed by atoms with Crippen molar-refractivity contribution in [3.8, 4) is 0 Å². The largest absolute Gasteiger partial charge is 0.283 e. The number of para-hydroxylation sites is 1. The van der Waals surface area contributed by atoms with Crippen LogP contribution in [-0.4, -0.2) is 15.2 Å². The highest BCUT2D eigenvalue weighted by atomic mass is 32.1. The highest BCUT2D eigenvalue weighted by Gasteiger charge is 2.18. The second-order valence-electron chi connectivity index (χ2n) is 2.66. The summed E-state index contributed by atoms with van der Waals surface area (Å²) in [5.41, 5.74) is 4.14.